The smallest absolute Gasteiger partial charge is 0.116 e. The second kappa shape index (κ2) is 12.0. The van der Waals surface area contributed by atoms with Crippen LogP contribution in [0.1, 0.15) is 107 Å². The zero-order chi connectivity index (χ0) is 29.6. The molecule has 0 radical (unpaired) electrons. The van der Waals surface area contributed by atoms with E-state index in [1.807, 2.05) is 12.1 Å². The standard InChI is InChI=1S/C19H21BrO.C18H19BrO2.2CH4/c1-11-3-4-14-15(7-11)13-5-6-19(2)10-12(21)8-17(19)16(13)9-18(14)20;1-18-5-4-12-14-6-10(20)2-3-13(14)17(19)8-15(12)16(18)7-11(21)9-18;;/h3-4,7,9,12,17,21H,5-6,8,10H2,1-2H3;2-3,6,8,11,16,20-21H,4-5,7,9H2,1H3;2*1H4/t12-,17+,19-;11-,16+,18-;;/m11../s1. The lowest BCUT2D eigenvalue weighted by molar-refractivity contribution is 0.159. The average Bonchev–Trinajstić information content (AvgIpc) is 3.42. The van der Waals surface area contributed by atoms with E-state index in [2.05, 4.69) is 83.0 Å². The molecule has 44 heavy (non-hydrogen) atoms. The van der Waals surface area contributed by atoms with E-state index in [4.69, 9.17) is 0 Å². The number of aliphatic hydroxyl groups excluding tert-OH is 2. The molecule has 0 aromatic heterocycles. The zero-order valence-corrected chi connectivity index (χ0v) is 27.9. The summed E-state index contributed by atoms with van der Waals surface area (Å²) in [5.41, 5.74) is 7.55. The molecule has 4 aliphatic carbocycles. The highest BCUT2D eigenvalue weighted by atomic mass is 79.9. The van der Waals surface area contributed by atoms with Gasteiger partial charge < -0.3 is 15.3 Å². The maximum Gasteiger partial charge on any atom is 0.116 e. The van der Waals surface area contributed by atoms with Crippen molar-refractivity contribution in [1.82, 2.24) is 0 Å². The summed E-state index contributed by atoms with van der Waals surface area (Å²) in [6, 6.07) is 16.9. The summed E-state index contributed by atoms with van der Waals surface area (Å²) in [5, 5.41) is 35.2. The molecule has 0 bridgehead atoms. The second-order valence-electron chi connectivity index (χ2n) is 14.2. The van der Waals surface area contributed by atoms with Gasteiger partial charge in [-0.15, -0.1) is 0 Å². The van der Waals surface area contributed by atoms with Crippen molar-refractivity contribution >= 4 is 53.4 Å². The van der Waals surface area contributed by atoms with Gasteiger partial charge in [0.25, 0.3) is 0 Å². The molecule has 3 nitrogen and oxygen atoms in total. The molecule has 4 aromatic rings. The Hall–Kier alpha value is -1.92. The Balaban J connectivity index is 0.000000167. The predicted molar refractivity (Wildman–Crippen MR) is 192 cm³/mol. The maximum absolute atomic E-state index is 10.2. The maximum atomic E-state index is 10.2. The summed E-state index contributed by atoms with van der Waals surface area (Å²) in [7, 11) is 0. The molecule has 0 spiro atoms. The summed E-state index contributed by atoms with van der Waals surface area (Å²) in [6.07, 6.45) is 7.84. The molecule has 4 aliphatic rings. The van der Waals surface area contributed by atoms with Crippen molar-refractivity contribution in [3.05, 3.63) is 85.3 Å². The molecule has 8 rings (SSSR count). The summed E-state index contributed by atoms with van der Waals surface area (Å²) in [5.74, 6) is 1.26. The van der Waals surface area contributed by atoms with E-state index < -0.39 is 0 Å². The average molecular weight is 725 g/mol. The Morgan fingerprint density at radius 2 is 1.11 bits per heavy atom. The Kier molecular flexibility index (Phi) is 9.14. The van der Waals surface area contributed by atoms with Crippen LogP contribution in [-0.4, -0.2) is 27.5 Å². The molecule has 236 valence electrons. The van der Waals surface area contributed by atoms with Gasteiger partial charge in [0.15, 0.2) is 0 Å². The van der Waals surface area contributed by atoms with Crippen molar-refractivity contribution in [3.63, 3.8) is 0 Å². The number of hydrogen-bond acceptors (Lipinski definition) is 3. The fourth-order valence-corrected chi connectivity index (χ4v) is 10.4. The molecule has 5 heteroatoms. The van der Waals surface area contributed by atoms with E-state index in [9.17, 15) is 15.3 Å². The van der Waals surface area contributed by atoms with Crippen LogP contribution in [0.2, 0.25) is 0 Å². The van der Waals surface area contributed by atoms with Gasteiger partial charge in [0.1, 0.15) is 5.75 Å². The van der Waals surface area contributed by atoms with Crippen LogP contribution < -0.4 is 0 Å². The highest BCUT2D eigenvalue weighted by Gasteiger charge is 2.48. The third kappa shape index (κ3) is 5.44. The highest BCUT2D eigenvalue weighted by molar-refractivity contribution is 9.11. The van der Waals surface area contributed by atoms with Crippen molar-refractivity contribution in [1.29, 1.82) is 0 Å². The fraction of sp³-hybridized carbons (Fsp3) is 0.487. The molecule has 2 saturated carbocycles. The molecule has 4 aromatic carbocycles. The summed E-state index contributed by atoms with van der Waals surface area (Å²) in [4.78, 5) is 0. The Morgan fingerprint density at radius 3 is 1.61 bits per heavy atom. The SMILES string of the molecule is C.C.C[C@]12CCc3c(cc(Br)c4ccc(O)cc34)[C@@H]1C[C@@H](O)C2.Cc1ccc2c(Br)cc3c(c2c1)CC[C@]1(C)C[C@H](O)C[C@@H]31. The van der Waals surface area contributed by atoms with Crippen LogP contribution in [-0.2, 0) is 12.8 Å². The number of halogens is 2. The first-order valence-corrected chi connectivity index (χ1v) is 17.1. The van der Waals surface area contributed by atoms with Crippen LogP contribution in [0, 0.1) is 17.8 Å². The third-order valence-electron chi connectivity index (χ3n) is 11.3. The van der Waals surface area contributed by atoms with Crippen LogP contribution >= 0.6 is 31.9 Å². The molecule has 0 heterocycles. The van der Waals surface area contributed by atoms with Gasteiger partial charge in [-0.2, -0.15) is 0 Å². The van der Waals surface area contributed by atoms with Gasteiger partial charge >= 0.3 is 0 Å². The summed E-state index contributed by atoms with van der Waals surface area (Å²) >= 11 is 7.45. The lowest BCUT2D eigenvalue weighted by atomic mass is 9.66. The number of aryl methyl sites for hydroxylation is 3. The van der Waals surface area contributed by atoms with Gasteiger partial charge in [-0.05, 0) is 155 Å². The van der Waals surface area contributed by atoms with Crippen LogP contribution in [0.3, 0.4) is 0 Å². The van der Waals surface area contributed by atoms with E-state index >= 15 is 0 Å². The first kappa shape index (κ1) is 33.4. The number of phenols is 1. The normalized spacial score (nSPS) is 29.8. The van der Waals surface area contributed by atoms with E-state index in [0.717, 1.165) is 60.2 Å². The molecular formula is C39H48Br2O3. The van der Waals surface area contributed by atoms with Crippen LogP contribution in [0.25, 0.3) is 21.5 Å². The highest BCUT2D eigenvalue weighted by Crippen LogP contribution is 2.58. The number of fused-ring (bicyclic) bond motifs is 10. The molecule has 0 aliphatic heterocycles. The van der Waals surface area contributed by atoms with Gasteiger partial charge in [-0.25, -0.2) is 0 Å². The minimum absolute atomic E-state index is 0. The first-order chi connectivity index (χ1) is 20.0. The number of benzene rings is 4. The van der Waals surface area contributed by atoms with Crippen molar-refractivity contribution in [3.8, 4) is 5.75 Å². The van der Waals surface area contributed by atoms with Gasteiger partial charge in [-0.1, -0.05) is 84.3 Å². The molecule has 3 N–H and O–H groups in total. The predicted octanol–water partition coefficient (Wildman–Crippen LogP) is 10.9. The number of rotatable bonds is 0. The van der Waals surface area contributed by atoms with Crippen LogP contribution in [0.5, 0.6) is 5.75 Å². The van der Waals surface area contributed by atoms with Gasteiger partial charge in [0.05, 0.1) is 12.2 Å². The van der Waals surface area contributed by atoms with Crippen molar-refractivity contribution < 1.29 is 15.3 Å². The molecule has 0 amide bonds. The minimum atomic E-state index is -0.176. The first-order valence-electron chi connectivity index (χ1n) is 15.5. The van der Waals surface area contributed by atoms with Crippen molar-refractivity contribution in [2.75, 3.05) is 0 Å². The number of aliphatic hydroxyl groups is 2. The van der Waals surface area contributed by atoms with E-state index in [1.165, 1.54) is 49.5 Å². The summed E-state index contributed by atoms with van der Waals surface area (Å²) < 4.78 is 2.28. The molecular weight excluding hydrogens is 676 g/mol. The van der Waals surface area contributed by atoms with E-state index in [1.54, 1.807) is 6.07 Å². The number of hydrogen-bond donors (Lipinski definition) is 3. The van der Waals surface area contributed by atoms with Gasteiger partial charge in [0, 0.05) is 8.95 Å². The number of aromatic hydroxyl groups is 1. The van der Waals surface area contributed by atoms with Crippen LogP contribution in [0.4, 0.5) is 0 Å². The topological polar surface area (TPSA) is 60.7 Å². The monoisotopic (exact) mass is 722 g/mol. The lowest BCUT2D eigenvalue weighted by Gasteiger charge is -2.38. The molecule has 2 fully saturated rings. The summed E-state index contributed by atoms with van der Waals surface area (Å²) in [6.45, 7) is 6.85. The van der Waals surface area contributed by atoms with Gasteiger partial charge in [0.2, 0.25) is 0 Å². The second-order valence-corrected chi connectivity index (χ2v) is 15.9. The quantitative estimate of drug-likeness (QED) is 0.169. The Morgan fingerprint density at radius 1 is 0.659 bits per heavy atom. The van der Waals surface area contributed by atoms with Crippen LogP contribution in [0.15, 0.2) is 57.5 Å². The molecule has 6 atom stereocenters. The van der Waals surface area contributed by atoms with E-state index in [-0.39, 0.29) is 37.9 Å². The zero-order valence-electron chi connectivity index (χ0n) is 24.7. The largest absolute Gasteiger partial charge is 0.508 e. The van der Waals surface area contributed by atoms with Crippen molar-refractivity contribution in [2.24, 2.45) is 10.8 Å². The lowest BCUT2D eigenvalue weighted by Crippen LogP contribution is -2.26. The fourth-order valence-electron chi connectivity index (χ4n) is 9.22. The van der Waals surface area contributed by atoms with Crippen molar-refractivity contribution in [2.45, 2.75) is 111 Å². The molecule has 0 unspecified atom stereocenters. The van der Waals surface area contributed by atoms with E-state index in [0.29, 0.717) is 17.6 Å². The van der Waals surface area contributed by atoms with Gasteiger partial charge in [-0.3, -0.25) is 0 Å². The third-order valence-corrected chi connectivity index (χ3v) is 12.7. The number of phenolic OH excluding ortho intramolecular Hbond substituents is 1. The Labute approximate surface area is 280 Å². The molecule has 0 saturated heterocycles. The minimum Gasteiger partial charge on any atom is -0.508 e. The Bertz CT molecular complexity index is 1600.